The molecule has 1 aromatic rings. The molecular formula is C19H30BrIN4O3. The average molecular weight is 569 g/mol. The molecule has 0 bridgehead atoms. The van der Waals surface area contributed by atoms with Crippen LogP contribution in [0.2, 0.25) is 0 Å². The number of rotatable bonds is 7. The lowest BCUT2D eigenvalue weighted by Gasteiger charge is -2.20. The van der Waals surface area contributed by atoms with Crippen LogP contribution in [0.25, 0.3) is 0 Å². The van der Waals surface area contributed by atoms with Crippen LogP contribution < -0.4 is 10.6 Å². The number of carbonyl (C=O) groups excluding carboxylic acids is 2. The van der Waals surface area contributed by atoms with Gasteiger partial charge >= 0.3 is 5.97 Å². The Morgan fingerprint density at radius 2 is 1.75 bits per heavy atom. The van der Waals surface area contributed by atoms with Gasteiger partial charge in [0.25, 0.3) is 0 Å². The number of amides is 1. The molecule has 0 fully saturated rings. The third-order valence-electron chi connectivity index (χ3n) is 3.28. The van der Waals surface area contributed by atoms with Gasteiger partial charge in [-0.05, 0) is 38.5 Å². The van der Waals surface area contributed by atoms with Crippen LogP contribution in [-0.2, 0) is 20.9 Å². The number of hydrogen-bond donors (Lipinski definition) is 2. The predicted octanol–water partition coefficient (Wildman–Crippen LogP) is 2.92. The molecule has 0 spiro atoms. The van der Waals surface area contributed by atoms with Crippen LogP contribution in [0.5, 0.6) is 0 Å². The molecule has 0 aromatic heterocycles. The molecule has 1 rings (SSSR count). The molecule has 1 amide bonds. The third-order valence-corrected chi connectivity index (χ3v) is 3.81. The van der Waals surface area contributed by atoms with Crippen molar-refractivity contribution in [3.8, 4) is 0 Å². The first-order valence-electron chi connectivity index (χ1n) is 8.75. The van der Waals surface area contributed by atoms with E-state index in [2.05, 4.69) is 31.6 Å². The van der Waals surface area contributed by atoms with Crippen LogP contribution >= 0.6 is 39.9 Å². The Labute approximate surface area is 192 Å². The normalized spacial score (nSPS) is 11.3. The van der Waals surface area contributed by atoms with Gasteiger partial charge in [0.1, 0.15) is 5.60 Å². The van der Waals surface area contributed by atoms with E-state index >= 15 is 0 Å². The summed E-state index contributed by atoms with van der Waals surface area (Å²) in [6.45, 7) is 6.42. The van der Waals surface area contributed by atoms with E-state index in [0.717, 1.165) is 10.0 Å². The van der Waals surface area contributed by atoms with Gasteiger partial charge in [0, 0.05) is 25.1 Å². The van der Waals surface area contributed by atoms with Crippen LogP contribution in [0.4, 0.5) is 0 Å². The van der Waals surface area contributed by atoms with Crippen molar-refractivity contribution in [2.75, 3.05) is 27.2 Å². The summed E-state index contributed by atoms with van der Waals surface area (Å²) in [5.41, 5.74) is 0.525. The topological polar surface area (TPSA) is 83.0 Å². The zero-order valence-electron chi connectivity index (χ0n) is 17.0. The van der Waals surface area contributed by atoms with E-state index in [1.54, 1.807) is 14.1 Å². The highest BCUT2D eigenvalue weighted by molar-refractivity contribution is 14.0. The van der Waals surface area contributed by atoms with Crippen molar-refractivity contribution in [3.63, 3.8) is 0 Å². The van der Waals surface area contributed by atoms with Gasteiger partial charge in [0.05, 0.1) is 19.5 Å². The summed E-state index contributed by atoms with van der Waals surface area (Å²) in [5, 5.41) is 6.06. The zero-order valence-corrected chi connectivity index (χ0v) is 21.0. The monoisotopic (exact) mass is 568 g/mol. The Morgan fingerprint density at radius 3 is 2.29 bits per heavy atom. The summed E-state index contributed by atoms with van der Waals surface area (Å²) < 4.78 is 6.29. The largest absolute Gasteiger partial charge is 0.460 e. The van der Waals surface area contributed by atoms with Crippen LogP contribution in [0.1, 0.15) is 32.8 Å². The minimum atomic E-state index is -0.508. The molecule has 2 N–H and O–H groups in total. The second kappa shape index (κ2) is 13.0. The Morgan fingerprint density at radius 1 is 1.14 bits per heavy atom. The quantitative estimate of drug-likeness (QED) is 0.229. The number of nitrogens with zero attached hydrogens (tertiary/aromatic N) is 2. The predicted molar refractivity (Wildman–Crippen MR) is 126 cm³/mol. The van der Waals surface area contributed by atoms with Gasteiger partial charge in [0.2, 0.25) is 5.91 Å². The van der Waals surface area contributed by atoms with Crippen LogP contribution in [0, 0.1) is 0 Å². The van der Waals surface area contributed by atoms with E-state index in [0.29, 0.717) is 19.0 Å². The van der Waals surface area contributed by atoms with E-state index in [9.17, 15) is 9.59 Å². The highest BCUT2D eigenvalue weighted by Gasteiger charge is 2.16. The first kappa shape index (κ1) is 26.6. The number of ether oxygens (including phenoxy) is 1. The number of nitrogens with one attached hydrogen (secondary N) is 2. The molecular weight excluding hydrogens is 539 g/mol. The number of esters is 1. The molecule has 7 nitrogen and oxygen atoms in total. The summed E-state index contributed by atoms with van der Waals surface area (Å²) in [5.74, 6) is 0.114. The van der Waals surface area contributed by atoms with Gasteiger partial charge in [0.15, 0.2) is 5.96 Å². The summed E-state index contributed by atoms with van der Waals surface area (Å²) >= 11 is 3.40. The second-order valence-corrected chi connectivity index (χ2v) is 8.11. The lowest BCUT2D eigenvalue weighted by molar-refractivity contribution is -0.154. The summed E-state index contributed by atoms with van der Waals surface area (Å²) in [7, 11) is 3.39. The lowest BCUT2D eigenvalue weighted by atomic mass is 10.2. The Bertz CT molecular complexity index is 658. The average Bonchev–Trinajstić information content (AvgIpc) is 2.56. The summed E-state index contributed by atoms with van der Waals surface area (Å²) in [4.78, 5) is 29.6. The van der Waals surface area contributed by atoms with Gasteiger partial charge in [-0.1, -0.05) is 28.1 Å². The van der Waals surface area contributed by atoms with E-state index < -0.39 is 5.60 Å². The highest BCUT2D eigenvalue weighted by Crippen LogP contribution is 2.11. The van der Waals surface area contributed by atoms with Crippen LogP contribution in [0.3, 0.4) is 0 Å². The molecule has 0 aliphatic carbocycles. The fourth-order valence-electron chi connectivity index (χ4n) is 1.93. The summed E-state index contributed by atoms with van der Waals surface area (Å²) in [6.07, 6.45) is 0.206. The lowest BCUT2D eigenvalue weighted by Crippen LogP contribution is -2.43. The number of likely N-dealkylation sites (N-methyl/N-ethyl adjacent to an activating group) is 1. The van der Waals surface area contributed by atoms with Crippen molar-refractivity contribution in [2.45, 2.75) is 39.3 Å². The summed E-state index contributed by atoms with van der Waals surface area (Å²) in [6, 6.07) is 7.83. The maximum Gasteiger partial charge on any atom is 0.308 e. The molecule has 0 heterocycles. The molecule has 0 aliphatic heterocycles. The van der Waals surface area contributed by atoms with Gasteiger partial charge in [-0.15, -0.1) is 24.0 Å². The van der Waals surface area contributed by atoms with Gasteiger partial charge in [-0.25, -0.2) is 4.99 Å². The third kappa shape index (κ3) is 12.2. The molecule has 158 valence electrons. The molecule has 0 atom stereocenters. The van der Waals surface area contributed by atoms with Crippen molar-refractivity contribution in [3.05, 3.63) is 34.3 Å². The fraction of sp³-hybridized carbons (Fsp3) is 0.526. The van der Waals surface area contributed by atoms with Crippen LogP contribution in [-0.4, -0.2) is 55.5 Å². The number of carbonyl (C=O) groups is 2. The van der Waals surface area contributed by atoms with Crippen molar-refractivity contribution >= 4 is 57.7 Å². The molecule has 0 aliphatic rings. The number of hydrogen-bond acceptors (Lipinski definition) is 4. The van der Waals surface area contributed by atoms with Crippen molar-refractivity contribution in [2.24, 2.45) is 4.99 Å². The fourth-order valence-corrected chi connectivity index (χ4v) is 2.19. The van der Waals surface area contributed by atoms with E-state index in [1.807, 2.05) is 45.0 Å². The van der Waals surface area contributed by atoms with Crippen molar-refractivity contribution in [1.29, 1.82) is 0 Å². The minimum Gasteiger partial charge on any atom is -0.460 e. The maximum absolute atomic E-state index is 11.8. The molecule has 28 heavy (non-hydrogen) atoms. The maximum atomic E-state index is 11.8. The minimum absolute atomic E-state index is 0. The molecule has 0 saturated carbocycles. The SMILES string of the molecule is CN(C)C(=O)CNC(=NCc1ccc(Br)cc1)NCCC(=O)OC(C)(C)C.I. The number of aliphatic imine (C=N–C) groups is 1. The molecule has 0 radical (unpaired) electrons. The zero-order chi connectivity index (χ0) is 20.4. The molecule has 0 saturated heterocycles. The second-order valence-electron chi connectivity index (χ2n) is 7.20. The van der Waals surface area contributed by atoms with E-state index in [4.69, 9.17) is 4.74 Å². The van der Waals surface area contributed by atoms with E-state index in [1.165, 1.54) is 4.90 Å². The van der Waals surface area contributed by atoms with Crippen molar-refractivity contribution in [1.82, 2.24) is 15.5 Å². The Balaban J connectivity index is 0.00000729. The Hall–Kier alpha value is -1.36. The highest BCUT2D eigenvalue weighted by atomic mass is 127. The van der Waals surface area contributed by atoms with Gasteiger partial charge in [-0.2, -0.15) is 0 Å². The van der Waals surface area contributed by atoms with Crippen molar-refractivity contribution < 1.29 is 14.3 Å². The first-order chi connectivity index (χ1) is 12.6. The number of benzene rings is 1. The smallest absolute Gasteiger partial charge is 0.308 e. The Kier molecular flexibility index (Phi) is 12.3. The van der Waals surface area contributed by atoms with E-state index in [-0.39, 0.29) is 48.8 Å². The molecule has 9 heteroatoms. The first-order valence-corrected chi connectivity index (χ1v) is 9.55. The van der Waals surface area contributed by atoms with Gasteiger partial charge in [-0.3, -0.25) is 9.59 Å². The standard InChI is InChI=1S/C19H29BrN4O3.HI/c1-19(2,3)27-17(26)10-11-21-18(23-13-16(25)24(4)5)22-12-14-6-8-15(20)9-7-14;/h6-9H,10-13H2,1-5H3,(H2,21,22,23);1H. The number of halogens is 2. The molecule has 1 aromatic carbocycles. The van der Waals surface area contributed by atoms with Gasteiger partial charge < -0.3 is 20.3 Å². The number of guanidine groups is 1. The van der Waals surface area contributed by atoms with Crippen LogP contribution in [0.15, 0.2) is 33.7 Å². The molecule has 0 unspecified atom stereocenters.